The second-order valence-electron chi connectivity index (χ2n) is 7.47. The number of thiazole rings is 1. The Balaban J connectivity index is 1.39. The molecule has 0 saturated carbocycles. The number of H-pyrrole nitrogens is 1. The van der Waals surface area contributed by atoms with Crippen LogP contribution in [0.15, 0.2) is 66.2 Å². The van der Waals surface area contributed by atoms with E-state index in [0.29, 0.717) is 28.5 Å². The minimum Gasteiger partial charge on any atom is -0.346 e. The molecule has 2 aromatic heterocycles. The molecule has 2 N–H and O–H groups in total. The van der Waals surface area contributed by atoms with Crippen molar-refractivity contribution in [1.82, 2.24) is 20.3 Å². The van der Waals surface area contributed by atoms with Gasteiger partial charge in [0.1, 0.15) is 10.8 Å². The average Bonchev–Trinajstić information content (AvgIpc) is 3.48. The number of halogens is 3. The van der Waals surface area contributed by atoms with Gasteiger partial charge in [0.05, 0.1) is 35.6 Å². The van der Waals surface area contributed by atoms with Gasteiger partial charge in [0.15, 0.2) is 0 Å². The third kappa shape index (κ3) is 5.48. The molecule has 4 aromatic rings. The molecule has 0 saturated heterocycles. The van der Waals surface area contributed by atoms with Gasteiger partial charge < -0.3 is 10.3 Å². The fraction of sp³-hybridized carbons (Fsp3) is 0.208. The van der Waals surface area contributed by atoms with E-state index >= 15 is 0 Å². The minimum absolute atomic E-state index is 0.0693. The molecule has 0 aliphatic rings. The van der Waals surface area contributed by atoms with Gasteiger partial charge in [0, 0.05) is 10.9 Å². The van der Waals surface area contributed by atoms with Gasteiger partial charge in [-0.25, -0.2) is 9.97 Å². The number of carbonyl (C=O) groups excluding carboxylic acids is 1. The van der Waals surface area contributed by atoms with Crippen LogP contribution in [0.5, 0.6) is 0 Å². The van der Waals surface area contributed by atoms with E-state index in [1.165, 1.54) is 23.5 Å². The summed E-state index contributed by atoms with van der Waals surface area (Å²) < 4.78 is 38.2. The van der Waals surface area contributed by atoms with Crippen molar-refractivity contribution >= 4 is 17.2 Å². The summed E-state index contributed by atoms with van der Waals surface area (Å²) in [6.07, 6.45) is -1.91. The normalized spacial score (nSPS) is 12.5. The predicted octanol–water partition coefficient (Wildman–Crippen LogP) is 6.03. The molecular formula is C24H21F3N4OS. The van der Waals surface area contributed by atoms with Gasteiger partial charge in [0.2, 0.25) is 5.91 Å². The van der Waals surface area contributed by atoms with Crippen LogP contribution in [-0.4, -0.2) is 20.9 Å². The van der Waals surface area contributed by atoms with E-state index in [2.05, 4.69) is 20.3 Å². The summed E-state index contributed by atoms with van der Waals surface area (Å²) in [6, 6.07) is 14.4. The van der Waals surface area contributed by atoms with E-state index in [-0.39, 0.29) is 18.4 Å². The van der Waals surface area contributed by atoms with Crippen LogP contribution in [0.3, 0.4) is 0 Å². The smallest absolute Gasteiger partial charge is 0.346 e. The standard InChI is InChI=1S/C24H21F3N4OS/c1-2-19(22-28-13-20(31-22)15-6-4-3-5-7-15)30-21(32)12-18-14-33-23(29-18)16-8-10-17(11-9-16)24(25,26)27/h3-11,13-14,19H,2,12H2,1H3,(H,28,31)(H,30,32). The number of rotatable bonds is 7. The summed E-state index contributed by atoms with van der Waals surface area (Å²) in [5.41, 5.74) is 2.32. The predicted molar refractivity (Wildman–Crippen MR) is 121 cm³/mol. The zero-order chi connectivity index (χ0) is 23.4. The van der Waals surface area contributed by atoms with E-state index in [0.717, 1.165) is 23.4 Å². The topological polar surface area (TPSA) is 70.7 Å². The van der Waals surface area contributed by atoms with Gasteiger partial charge in [-0.1, -0.05) is 49.4 Å². The molecule has 0 aliphatic carbocycles. The van der Waals surface area contributed by atoms with Crippen LogP contribution in [0.4, 0.5) is 13.2 Å². The quantitative estimate of drug-likeness (QED) is 0.347. The maximum absolute atomic E-state index is 12.7. The van der Waals surface area contributed by atoms with Gasteiger partial charge in [-0.3, -0.25) is 4.79 Å². The largest absolute Gasteiger partial charge is 0.416 e. The molecule has 1 unspecified atom stereocenters. The lowest BCUT2D eigenvalue weighted by molar-refractivity contribution is -0.137. The van der Waals surface area contributed by atoms with E-state index in [1.54, 1.807) is 11.6 Å². The van der Waals surface area contributed by atoms with Gasteiger partial charge in [-0.05, 0) is 24.1 Å². The van der Waals surface area contributed by atoms with E-state index < -0.39 is 11.7 Å². The van der Waals surface area contributed by atoms with Crippen molar-refractivity contribution < 1.29 is 18.0 Å². The summed E-state index contributed by atoms with van der Waals surface area (Å²) in [7, 11) is 0. The van der Waals surface area contributed by atoms with Crippen molar-refractivity contribution in [1.29, 1.82) is 0 Å². The van der Waals surface area contributed by atoms with Gasteiger partial charge in [-0.2, -0.15) is 13.2 Å². The number of benzene rings is 2. The Hall–Kier alpha value is -3.46. The zero-order valence-corrected chi connectivity index (χ0v) is 18.5. The molecule has 170 valence electrons. The first-order chi connectivity index (χ1) is 15.8. The highest BCUT2D eigenvalue weighted by molar-refractivity contribution is 7.13. The van der Waals surface area contributed by atoms with Gasteiger partial charge in [-0.15, -0.1) is 11.3 Å². The summed E-state index contributed by atoms with van der Waals surface area (Å²) in [5.74, 6) is 0.470. The SMILES string of the molecule is CCC(NC(=O)Cc1csc(-c2ccc(C(F)(F)F)cc2)n1)c1ncc(-c2ccccc2)[nH]1. The second kappa shape index (κ2) is 9.58. The van der Waals surface area contributed by atoms with Crippen LogP contribution < -0.4 is 5.32 Å². The molecule has 1 amide bonds. The molecule has 33 heavy (non-hydrogen) atoms. The summed E-state index contributed by atoms with van der Waals surface area (Å²) in [6.45, 7) is 1.96. The Morgan fingerprint density at radius 3 is 2.48 bits per heavy atom. The number of imidazole rings is 1. The Kier molecular flexibility index (Phi) is 6.60. The Morgan fingerprint density at radius 2 is 1.82 bits per heavy atom. The first-order valence-electron chi connectivity index (χ1n) is 10.3. The highest BCUT2D eigenvalue weighted by atomic mass is 32.1. The van der Waals surface area contributed by atoms with Crippen molar-refractivity contribution in [2.75, 3.05) is 0 Å². The van der Waals surface area contributed by atoms with Gasteiger partial charge >= 0.3 is 6.18 Å². The molecule has 2 aromatic carbocycles. The molecule has 2 heterocycles. The van der Waals surface area contributed by atoms with Crippen LogP contribution >= 0.6 is 11.3 Å². The fourth-order valence-corrected chi connectivity index (χ4v) is 4.20. The highest BCUT2D eigenvalue weighted by Crippen LogP contribution is 2.32. The number of carbonyl (C=O) groups is 1. The van der Waals surface area contributed by atoms with Crippen LogP contribution in [0.1, 0.15) is 36.5 Å². The summed E-state index contributed by atoms with van der Waals surface area (Å²) in [4.78, 5) is 24.7. The van der Waals surface area contributed by atoms with E-state index in [1.807, 2.05) is 37.3 Å². The van der Waals surface area contributed by atoms with Crippen molar-refractivity contribution in [3.8, 4) is 21.8 Å². The lowest BCUT2D eigenvalue weighted by atomic mass is 10.1. The third-order valence-corrected chi connectivity index (χ3v) is 6.05. The molecule has 0 bridgehead atoms. The summed E-state index contributed by atoms with van der Waals surface area (Å²) >= 11 is 1.29. The molecule has 4 rings (SSSR count). The van der Waals surface area contributed by atoms with Crippen LogP contribution in [0, 0.1) is 0 Å². The fourth-order valence-electron chi connectivity index (χ4n) is 3.37. The lowest BCUT2D eigenvalue weighted by Gasteiger charge is -2.14. The molecule has 1 atom stereocenters. The Morgan fingerprint density at radius 1 is 1.09 bits per heavy atom. The number of amides is 1. The molecule has 5 nitrogen and oxygen atoms in total. The molecule has 0 radical (unpaired) electrons. The number of aromatic amines is 1. The molecule has 0 aliphatic heterocycles. The first kappa shape index (κ1) is 22.7. The van der Waals surface area contributed by atoms with Crippen molar-refractivity contribution in [3.05, 3.63) is 83.3 Å². The third-order valence-electron chi connectivity index (χ3n) is 5.11. The number of alkyl halides is 3. The van der Waals surface area contributed by atoms with Crippen molar-refractivity contribution in [2.24, 2.45) is 0 Å². The molecular weight excluding hydrogens is 449 g/mol. The average molecular weight is 471 g/mol. The van der Waals surface area contributed by atoms with Crippen LogP contribution in [0.2, 0.25) is 0 Å². The van der Waals surface area contributed by atoms with Gasteiger partial charge in [0.25, 0.3) is 0 Å². The van der Waals surface area contributed by atoms with Crippen LogP contribution in [0.25, 0.3) is 21.8 Å². The van der Waals surface area contributed by atoms with E-state index in [4.69, 9.17) is 0 Å². The number of aromatic nitrogens is 3. The minimum atomic E-state index is -4.38. The number of hydrogen-bond acceptors (Lipinski definition) is 4. The van der Waals surface area contributed by atoms with Crippen molar-refractivity contribution in [3.63, 3.8) is 0 Å². The molecule has 9 heteroatoms. The maximum Gasteiger partial charge on any atom is 0.416 e. The van der Waals surface area contributed by atoms with Crippen LogP contribution in [-0.2, 0) is 17.4 Å². The van der Waals surface area contributed by atoms with Crippen molar-refractivity contribution in [2.45, 2.75) is 32.0 Å². The number of hydrogen-bond donors (Lipinski definition) is 2. The summed E-state index contributed by atoms with van der Waals surface area (Å²) in [5, 5.41) is 5.29. The monoisotopic (exact) mass is 470 g/mol. The second-order valence-corrected chi connectivity index (χ2v) is 8.33. The Labute approximate surface area is 192 Å². The van der Waals surface area contributed by atoms with E-state index in [9.17, 15) is 18.0 Å². The number of nitrogens with one attached hydrogen (secondary N) is 2. The molecule has 0 fully saturated rings. The number of nitrogens with zero attached hydrogens (tertiary/aromatic N) is 2. The highest BCUT2D eigenvalue weighted by Gasteiger charge is 2.30. The maximum atomic E-state index is 12.7. The Bertz CT molecular complexity index is 1220. The zero-order valence-electron chi connectivity index (χ0n) is 17.7. The molecule has 0 spiro atoms. The lowest BCUT2D eigenvalue weighted by Crippen LogP contribution is -2.30. The first-order valence-corrected chi connectivity index (χ1v) is 11.2.